The van der Waals surface area contributed by atoms with Crippen molar-refractivity contribution in [1.82, 2.24) is 9.55 Å². The molecule has 5 nitrogen and oxygen atoms in total. The fraction of sp³-hybridized carbons (Fsp3) is 0. The van der Waals surface area contributed by atoms with Gasteiger partial charge in [0.15, 0.2) is 0 Å². The van der Waals surface area contributed by atoms with Gasteiger partial charge in [-0.1, -0.05) is 15.9 Å². The number of carboxylic acid groups (broad SMARTS) is 1. The number of nitriles is 1. The average Bonchev–Trinajstić information content (AvgIpc) is 2.76. The zero-order chi connectivity index (χ0) is 12.4. The summed E-state index contributed by atoms with van der Waals surface area (Å²) in [5.74, 6) is -0.907. The minimum absolute atomic E-state index is 0.114. The summed E-state index contributed by atoms with van der Waals surface area (Å²) in [5.41, 5.74) is 0.517. The van der Waals surface area contributed by atoms with E-state index in [0.29, 0.717) is 5.69 Å². The number of carboxylic acids is 1. The Kier molecular flexibility index (Phi) is 2.93. The Hall–Kier alpha value is -2.13. The lowest BCUT2D eigenvalue weighted by atomic mass is 10.2. The van der Waals surface area contributed by atoms with Gasteiger partial charge in [0.25, 0.3) is 0 Å². The average molecular weight is 292 g/mol. The Balaban J connectivity index is 2.70. The maximum absolute atomic E-state index is 11.1. The molecule has 1 aromatic carbocycles. The number of rotatable bonds is 2. The summed E-state index contributed by atoms with van der Waals surface area (Å²) >= 11 is 3.27. The topological polar surface area (TPSA) is 78.9 Å². The standard InChI is InChI=1S/C11H6BrN3O2/c12-7-1-2-8(11(16)17)9(5-7)15-4-3-14-10(15)6-13/h1-5H,(H,16,17). The third kappa shape index (κ3) is 2.05. The minimum Gasteiger partial charge on any atom is -0.478 e. The number of nitrogens with zero attached hydrogens (tertiary/aromatic N) is 3. The van der Waals surface area contributed by atoms with Crippen LogP contribution in [0.4, 0.5) is 0 Å². The zero-order valence-corrected chi connectivity index (χ0v) is 10.0. The number of hydrogen-bond donors (Lipinski definition) is 1. The van der Waals surface area contributed by atoms with E-state index in [9.17, 15) is 4.79 Å². The second kappa shape index (κ2) is 4.39. The van der Waals surface area contributed by atoms with Crippen molar-refractivity contribution in [2.75, 3.05) is 0 Å². The van der Waals surface area contributed by atoms with Crippen LogP contribution in [-0.2, 0) is 0 Å². The molecule has 1 N–H and O–H groups in total. The molecule has 1 heterocycles. The van der Waals surface area contributed by atoms with Crippen LogP contribution >= 0.6 is 15.9 Å². The first-order valence-corrected chi connectivity index (χ1v) is 5.39. The smallest absolute Gasteiger partial charge is 0.337 e. The predicted octanol–water partition coefficient (Wildman–Crippen LogP) is 2.20. The van der Waals surface area contributed by atoms with Gasteiger partial charge in [0.05, 0.1) is 11.3 Å². The van der Waals surface area contributed by atoms with E-state index in [1.165, 1.54) is 16.8 Å². The highest BCUT2D eigenvalue weighted by Crippen LogP contribution is 2.21. The maximum Gasteiger partial charge on any atom is 0.337 e. The number of aromatic carboxylic acids is 1. The van der Waals surface area contributed by atoms with Crippen molar-refractivity contribution in [3.63, 3.8) is 0 Å². The normalized spacial score (nSPS) is 9.88. The molecule has 0 aliphatic rings. The third-order valence-corrected chi connectivity index (χ3v) is 2.68. The molecule has 2 aromatic rings. The van der Waals surface area contributed by atoms with Crippen LogP contribution in [0.5, 0.6) is 0 Å². The van der Waals surface area contributed by atoms with E-state index in [0.717, 1.165) is 4.47 Å². The molecule has 0 radical (unpaired) electrons. The van der Waals surface area contributed by atoms with Gasteiger partial charge < -0.3 is 5.11 Å². The van der Waals surface area contributed by atoms with Gasteiger partial charge in [-0.25, -0.2) is 9.78 Å². The van der Waals surface area contributed by atoms with Crippen LogP contribution in [0.2, 0.25) is 0 Å². The van der Waals surface area contributed by atoms with Crippen molar-refractivity contribution in [3.8, 4) is 11.8 Å². The Labute approximate surface area is 105 Å². The fourth-order valence-corrected chi connectivity index (χ4v) is 1.81. The van der Waals surface area contributed by atoms with Crippen LogP contribution in [0, 0.1) is 11.3 Å². The molecule has 6 heteroatoms. The summed E-state index contributed by atoms with van der Waals surface area (Å²) in [6.45, 7) is 0. The molecular weight excluding hydrogens is 286 g/mol. The fourth-order valence-electron chi connectivity index (χ4n) is 1.47. The van der Waals surface area contributed by atoms with Gasteiger partial charge in [0.2, 0.25) is 5.82 Å². The van der Waals surface area contributed by atoms with Crippen molar-refractivity contribution in [2.24, 2.45) is 0 Å². The van der Waals surface area contributed by atoms with Gasteiger partial charge in [0.1, 0.15) is 6.07 Å². The molecule has 0 atom stereocenters. The Morgan fingerprint density at radius 1 is 1.53 bits per heavy atom. The van der Waals surface area contributed by atoms with Crippen molar-refractivity contribution in [3.05, 3.63) is 46.5 Å². The predicted molar refractivity (Wildman–Crippen MR) is 62.9 cm³/mol. The van der Waals surface area contributed by atoms with Crippen molar-refractivity contribution in [1.29, 1.82) is 5.26 Å². The number of hydrogen-bond acceptors (Lipinski definition) is 3. The van der Waals surface area contributed by atoms with E-state index < -0.39 is 5.97 Å². The summed E-state index contributed by atoms with van der Waals surface area (Å²) < 4.78 is 2.17. The van der Waals surface area contributed by atoms with Crippen molar-refractivity contribution < 1.29 is 9.90 Å². The lowest BCUT2D eigenvalue weighted by molar-refractivity contribution is 0.0697. The first-order chi connectivity index (χ1) is 8.13. The van der Waals surface area contributed by atoms with E-state index in [1.807, 2.05) is 6.07 Å². The third-order valence-electron chi connectivity index (χ3n) is 2.19. The lowest BCUT2D eigenvalue weighted by Gasteiger charge is -2.08. The number of imidazole rings is 1. The SMILES string of the molecule is N#Cc1nccn1-c1cc(Br)ccc1C(=O)O. The summed E-state index contributed by atoms with van der Waals surface area (Å²) in [7, 11) is 0. The van der Waals surface area contributed by atoms with Crippen LogP contribution in [-0.4, -0.2) is 20.6 Å². The highest BCUT2D eigenvalue weighted by atomic mass is 79.9. The van der Waals surface area contributed by atoms with Gasteiger partial charge in [0, 0.05) is 16.9 Å². The molecule has 1 aromatic heterocycles. The van der Waals surface area contributed by atoms with Crippen LogP contribution in [0.1, 0.15) is 16.2 Å². The molecule has 2 rings (SSSR count). The van der Waals surface area contributed by atoms with Crippen LogP contribution < -0.4 is 0 Å². The van der Waals surface area contributed by atoms with Crippen molar-refractivity contribution in [2.45, 2.75) is 0 Å². The zero-order valence-electron chi connectivity index (χ0n) is 8.46. The molecule has 0 saturated heterocycles. The molecule has 0 fully saturated rings. The van der Waals surface area contributed by atoms with Gasteiger partial charge in [-0.05, 0) is 18.2 Å². The van der Waals surface area contributed by atoms with E-state index >= 15 is 0 Å². The number of carbonyl (C=O) groups is 1. The Morgan fingerprint density at radius 2 is 2.29 bits per heavy atom. The van der Waals surface area contributed by atoms with Crippen LogP contribution in [0.15, 0.2) is 35.1 Å². The monoisotopic (exact) mass is 291 g/mol. The lowest BCUT2D eigenvalue weighted by Crippen LogP contribution is -2.06. The first-order valence-electron chi connectivity index (χ1n) is 4.60. The van der Waals surface area contributed by atoms with E-state index in [1.54, 1.807) is 18.3 Å². The van der Waals surface area contributed by atoms with Gasteiger partial charge >= 0.3 is 5.97 Å². The van der Waals surface area contributed by atoms with E-state index in [-0.39, 0.29) is 11.4 Å². The first kappa shape index (κ1) is 11.4. The quantitative estimate of drug-likeness (QED) is 0.920. The largest absolute Gasteiger partial charge is 0.478 e. The molecular formula is C11H6BrN3O2. The molecule has 0 spiro atoms. The molecule has 0 saturated carbocycles. The Bertz CT molecular complexity index is 628. The van der Waals surface area contributed by atoms with Crippen LogP contribution in [0.3, 0.4) is 0 Å². The van der Waals surface area contributed by atoms with Gasteiger partial charge in [-0.15, -0.1) is 0 Å². The minimum atomic E-state index is -1.05. The summed E-state index contributed by atoms with van der Waals surface area (Å²) in [6, 6.07) is 6.64. The summed E-state index contributed by atoms with van der Waals surface area (Å²) in [4.78, 5) is 14.9. The maximum atomic E-state index is 11.1. The van der Waals surface area contributed by atoms with Crippen molar-refractivity contribution >= 4 is 21.9 Å². The number of benzene rings is 1. The molecule has 17 heavy (non-hydrogen) atoms. The van der Waals surface area contributed by atoms with Crippen LogP contribution in [0.25, 0.3) is 5.69 Å². The summed E-state index contributed by atoms with van der Waals surface area (Å²) in [6.07, 6.45) is 3.00. The highest BCUT2D eigenvalue weighted by molar-refractivity contribution is 9.10. The molecule has 0 aliphatic heterocycles. The van der Waals surface area contributed by atoms with E-state index in [4.69, 9.17) is 10.4 Å². The highest BCUT2D eigenvalue weighted by Gasteiger charge is 2.14. The molecule has 0 amide bonds. The summed E-state index contributed by atoms with van der Waals surface area (Å²) in [5, 5.41) is 18.0. The second-order valence-electron chi connectivity index (χ2n) is 3.20. The second-order valence-corrected chi connectivity index (χ2v) is 4.11. The molecule has 0 unspecified atom stereocenters. The molecule has 84 valence electrons. The molecule has 0 aliphatic carbocycles. The van der Waals surface area contributed by atoms with Gasteiger partial charge in [-0.2, -0.15) is 5.26 Å². The number of aromatic nitrogens is 2. The molecule has 0 bridgehead atoms. The number of halogens is 1. The van der Waals surface area contributed by atoms with E-state index in [2.05, 4.69) is 20.9 Å². The Morgan fingerprint density at radius 3 is 2.94 bits per heavy atom. The van der Waals surface area contributed by atoms with Gasteiger partial charge in [-0.3, -0.25) is 4.57 Å².